The molecule has 5 nitrogen and oxygen atoms in total. The van der Waals surface area contributed by atoms with Gasteiger partial charge in [0.05, 0.1) is 5.92 Å². The predicted molar refractivity (Wildman–Crippen MR) is 82.6 cm³/mol. The van der Waals surface area contributed by atoms with E-state index >= 15 is 0 Å². The van der Waals surface area contributed by atoms with Gasteiger partial charge in [-0.1, -0.05) is 12.1 Å². The number of carbonyl (C=O) groups is 3. The monoisotopic (exact) mass is 301 g/mol. The van der Waals surface area contributed by atoms with E-state index in [1.807, 2.05) is 24.3 Å². The van der Waals surface area contributed by atoms with Crippen LogP contribution in [0.1, 0.15) is 37.2 Å². The summed E-state index contributed by atoms with van der Waals surface area (Å²) in [5.41, 5.74) is 1.94. The molecule has 0 radical (unpaired) electrons. The van der Waals surface area contributed by atoms with Crippen molar-refractivity contribution in [3.05, 3.63) is 29.8 Å². The highest BCUT2D eigenvalue weighted by molar-refractivity contribution is 6.00. The van der Waals surface area contributed by atoms with E-state index in [0.29, 0.717) is 11.7 Å². The van der Waals surface area contributed by atoms with Crippen LogP contribution in [0.5, 0.6) is 0 Å². The third kappa shape index (κ3) is 3.03. The van der Waals surface area contributed by atoms with Crippen molar-refractivity contribution in [2.24, 2.45) is 5.92 Å². The predicted octanol–water partition coefficient (Wildman–Crippen LogP) is 1.62. The van der Waals surface area contributed by atoms with E-state index in [9.17, 15) is 14.4 Å². The van der Waals surface area contributed by atoms with Crippen LogP contribution in [-0.4, -0.2) is 31.2 Å². The zero-order chi connectivity index (χ0) is 16.4. The molecule has 0 aromatic heterocycles. The maximum Gasteiger partial charge on any atom is 0.234 e. The molecule has 1 aromatic carbocycles. The number of amides is 2. The topological polar surface area (TPSA) is 66.5 Å². The molecule has 22 heavy (non-hydrogen) atoms. The normalized spacial score (nSPS) is 24.4. The molecular formula is C17H20N2O3. The Kier molecular flexibility index (Phi) is 3.86. The van der Waals surface area contributed by atoms with E-state index in [2.05, 4.69) is 4.90 Å². The second-order valence-corrected chi connectivity index (χ2v) is 5.99. The Labute approximate surface area is 131 Å². The molecule has 0 bridgehead atoms. The van der Waals surface area contributed by atoms with Gasteiger partial charge in [-0.2, -0.15) is 0 Å². The first kappa shape index (κ1) is 13.5. The Morgan fingerprint density at radius 2 is 1.82 bits per heavy atom. The third-order valence-corrected chi connectivity index (χ3v) is 4.57. The molecule has 0 spiro atoms. The lowest BCUT2D eigenvalue weighted by atomic mass is 9.90. The summed E-state index contributed by atoms with van der Waals surface area (Å²) in [6.45, 7) is 1.72. The molecule has 1 atom stereocenters. The SMILES string of the molecule is [2H]N1C(=O)CC[C@H](c2ccc(N3CCC(C=O)CC3)cc2)C1=O. The smallest absolute Gasteiger partial charge is 0.234 e. The highest BCUT2D eigenvalue weighted by atomic mass is 16.2. The van der Waals surface area contributed by atoms with Gasteiger partial charge in [-0.15, -0.1) is 0 Å². The van der Waals surface area contributed by atoms with Crippen LogP contribution < -0.4 is 10.2 Å². The first-order chi connectivity index (χ1) is 11.1. The second kappa shape index (κ2) is 6.30. The van der Waals surface area contributed by atoms with Crippen LogP contribution >= 0.6 is 0 Å². The molecular weight excluding hydrogens is 280 g/mol. The van der Waals surface area contributed by atoms with Gasteiger partial charge in [0, 0.05) is 31.1 Å². The number of hydrogen-bond acceptors (Lipinski definition) is 4. The minimum Gasteiger partial charge on any atom is -0.371 e. The van der Waals surface area contributed by atoms with Crippen molar-refractivity contribution in [3.63, 3.8) is 0 Å². The van der Waals surface area contributed by atoms with E-state index in [1.54, 1.807) is 0 Å². The Bertz CT molecular complexity index is 609. The number of nitrogens with zero attached hydrogens (tertiary/aromatic N) is 1. The molecule has 0 aliphatic carbocycles. The fraction of sp³-hybridized carbons (Fsp3) is 0.471. The van der Waals surface area contributed by atoms with Gasteiger partial charge in [-0.25, -0.2) is 0 Å². The van der Waals surface area contributed by atoms with Gasteiger partial charge in [-0.05, 0) is 37.0 Å². The first-order valence-electron chi connectivity index (χ1n) is 8.20. The van der Waals surface area contributed by atoms with Crippen LogP contribution in [0.15, 0.2) is 24.3 Å². The van der Waals surface area contributed by atoms with Gasteiger partial charge in [-0.3, -0.25) is 14.9 Å². The van der Waals surface area contributed by atoms with E-state index in [4.69, 9.17) is 1.41 Å². The summed E-state index contributed by atoms with van der Waals surface area (Å²) in [6.07, 6.45) is 3.51. The average Bonchev–Trinajstić information content (AvgIpc) is 2.60. The Morgan fingerprint density at radius 1 is 1.14 bits per heavy atom. The van der Waals surface area contributed by atoms with Crippen LogP contribution in [0, 0.1) is 5.92 Å². The lowest BCUT2D eigenvalue weighted by Gasteiger charge is -2.32. The number of aldehydes is 1. The molecule has 116 valence electrons. The molecule has 2 heterocycles. The van der Waals surface area contributed by atoms with Crippen molar-refractivity contribution >= 4 is 23.8 Å². The fourth-order valence-corrected chi connectivity index (χ4v) is 3.17. The summed E-state index contributed by atoms with van der Waals surface area (Å²) >= 11 is 0. The van der Waals surface area contributed by atoms with Gasteiger partial charge < -0.3 is 9.69 Å². The zero-order valence-electron chi connectivity index (χ0n) is 13.4. The zero-order valence-corrected chi connectivity index (χ0v) is 12.4. The molecule has 2 aliphatic rings. The Balaban J connectivity index is 1.69. The van der Waals surface area contributed by atoms with Crippen molar-refractivity contribution in [2.45, 2.75) is 31.6 Å². The average molecular weight is 301 g/mol. The van der Waals surface area contributed by atoms with E-state index in [0.717, 1.165) is 43.5 Å². The lowest BCUT2D eigenvalue weighted by Crippen LogP contribution is -2.39. The molecule has 1 N–H and O–H groups in total. The van der Waals surface area contributed by atoms with Crippen molar-refractivity contribution in [3.8, 4) is 0 Å². The van der Waals surface area contributed by atoms with Crippen LogP contribution in [0.25, 0.3) is 0 Å². The number of carbonyl (C=O) groups excluding carboxylic acids is 3. The van der Waals surface area contributed by atoms with E-state index in [1.165, 1.54) is 0 Å². The fourth-order valence-electron chi connectivity index (χ4n) is 3.17. The van der Waals surface area contributed by atoms with Gasteiger partial charge in [0.15, 0.2) is 1.41 Å². The van der Waals surface area contributed by atoms with Gasteiger partial charge in [0.1, 0.15) is 6.29 Å². The van der Waals surface area contributed by atoms with Gasteiger partial charge in [0.25, 0.3) is 0 Å². The number of hydrogen-bond donors (Lipinski definition) is 1. The molecule has 1 aromatic rings. The standard InChI is InChI=1S/C17H20N2O3/c20-11-12-7-9-19(10-8-12)14-3-1-13(2-4-14)15-5-6-16(21)18-17(15)22/h1-4,11-12,15H,5-10H2,(H,18,21,22)/t15-/m1/s1/i/hD. The molecule has 2 amide bonds. The number of rotatable bonds is 3. The summed E-state index contributed by atoms with van der Waals surface area (Å²) in [5, 5.41) is 0.492. The number of anilines is 1. The maximum absolute atomic E-state index is 12.1. The Morgan fingerprint density at radius 3 is 2.45 bits per heavy atom. The summed E-state index contributed by atoms with van der Waals surface area (Å²) < 4.78 is 7.50. The minimum absolute atomic E-state index is 0.172. The summed E-state index contributed by atoms with van der Waals surface area (Å²) in [6, 6.07) is 7.78. The molecule has 2 fully saturated rings. The van der Waals surface area contributed by atoms with Crippen molar-refractivity contribution in [1.82, 2.24) is 5.31 Å². The maximum atomic E-state index is 12.1. The van der Waals surface area contributed by atoms with E-state index in [-0.39, 0.29) is 12.3 Å². The quantitative estimate of drug-likeness (QED) is 0.680. The van der Waals surface area contributed by atoms with Crippen LogP contribution in [0.3, 0.4) is 0 Å². The van der Waals surface area contributed by atoms with Crippen molar-refractivity contribution < 1.29 is 15.8 Å². The molecule has 2 saturated heterocycles. The number of nitrogens with one attached hydrogen (secondary N) is 1. The van der Waals surface area contributed by atoms with Gasteiger partial charge >= 0.3 is 0 Å². The van der Waals surface area contributed by atoms with Gasteiger partial charge in [0.2, 0.25) is 11.8 Å². The van der Waals surface area contributed by atoms with Crippen LogP contribution in [0.4, 0.5) is 5.69 Å². The largest absolute Gasteiger partial charge is 0.371 e. The summed E-state index contributed by atoms with van der Waals surface area (Å²) in [4.78, 5) is 36.5. The van der Waals surface area contributed by atoms with Crippen LogP contribution in [0.2, 0.25) is 1.41 Å². The summed E-state index contributed by atoms with van der Waals surface area (Å²) in [7, 11) is 0. The Hall–Kier alpha value is -2.17. The lowest BCUT2D eigenvalue weighted by molar-refractivity contribution is -0.134. The van der Waals surface area contributed by atoms with Crippen molar-refractivity contribution in [2.75, 3.05) is 18.0 Å². The molecule has 2 aliphatic heterocycles. The highest BCUT2D eigenvalue weighted by Gasteiger charge is 2.28. The molecule has 0 unspecified atom stereocenters. The number of piperidine rings is 2. The first-order valence-corrected chi connectivity index (χ1v) is 7.76. The second-order valence-electron chi connectivity index (χ2n) is 5.99. The summed E-state index contributed by atoms with van der Waals surface area (Å²) in [5.74, 6) is -1.10. The van der Waals surface area contributed by atoms with Crippen LogP contribution in [-0.2, 0) is 14.4 Å². The number of imide groups is 1. The number of benzene rings is 1. The highest BCUT2D eigenvalue weighted by Crippen LogP contribution is 2.28. The molecule has 3 rings (SSSR count). The van der Waals surface area contributed by atoms with Crippen molar-refractivity contribution in [1.29, 1.82) is 0 Å². The molecule has 0 saturated carbocycles. The van der Waals surface area contributed by atoms with E-state index < -0.39 is 17.7 Å². The molecule has 5 heteroatoms. The third-order valence-electron chi connectivity index (χ3n) is 4.57. The minimum atomic E-state index is -0.444.